The Hall–Kier alpha value is -1.03. The summed E-state index contributed by atoms with van der Waals surface area (Å²) in [6.07, 6.45) is 8.01. The van der Waals surface area contributed by atoms with Crippen molar-refractivity contribution in [2.75, 3.05) is 18.4 Å². The Morgan fingerprint density at radius 2 is 2.06 bits per heavy atom. The number of rotatable bonds is 3. The quantitative estimate of drug-likeness (QED) is 0.751. The fraction of sp³-hybridized carbons (Fsp3) is 0.769. The number of H-pyrrole nitrogens is 1. The van der Waals surface area contributed by atoms with Crippen molar-refractivity contribution in [3.63, 3.8) is 0 Å². The molecule has 94 valence electrons. The summed E-state index contributed by atoms with van der Waals surface area (Å²) < 4.78 is 0. The van der Waals surface area contributed by atoms with Crippen LogP contribution in [-0.2, 0) is 0 Å². The van der Waals surface area contributed by atoms with Crippen LogP contribution < -0.4 is 10.6 Å². The van der Waals surface area contributed by atoms with Crippen molar-refractivity contribution in [3.8, 4) is 0 Å². The summed E-state index contributed by atoms with van der Waals surface area (Å²) in [4.78, 5) is 0. The summed E-state index contributed by atoms with van der Waals surface area (Å²) in [7, 11) is 0. The molecule has 1 saturated heterocycles. The first-order valence-corrected chi connectivity index (χ1v) is 6.94. The highest BCUT2D eigenvalue weighted by atomic mass is 15.2. The van der Waals surface area contributed by atoms with Gasteiger partial charge >= 0.3 is 0 Å². The van der Waals surface area contributed by atoms with Gasteiger partial charge in [-0.1, -0.05) is 19.3 Å². The first-order valence-electron chi connectivity index (χ1n) is 6.94. The summed E-state index contributed by atoms with van der Waals surface area (Å²) >= 11 is 0. The van der Waals surface area contributed by atoms with Gasteiger partial charge < -0.3 is 10.6 Å². The van der Waals surface area contributed by atoms with E-state index >= 15 is 0 Å². The Kier molecular flexibility index (Phi) is 3.31. The van der Waals surface area contributed by atoms with Crippen LogP contribution in [0.1, 0.15) is 50.1 Å². The molecule has 1 aliphatic carbocycles. The minimum absolute atomic E-state index is 0.553. The van der Waals surface area contributed by atoms with Crippen LogP contribution in [0, 0.1) is 0 Å². The highest BCUT2D eigenvalue weighted by molar-refractivity contribution is 5.38. The van der Waals surface area contributed by atoms with Crippen molar-refractivity contribution in [2.24, 2.45) is 0 Å². The van der Waals surface area contributed by atoms with Gasteiger partial charge in [0.15, 0.2) is 0 Å². The van der Waals surface area contributed by atoms with E-state index in [1.165, 1.54) is 44.2 Å². The number of aromatic amines is 1. The Morgan fingerprint density at radius 3 is 2.82 bits per heavy atom. The zero-order valence-electron chi connectivity index (χ0n) is 10.3. The minimum atomic E-state index is 0.553. The summed E-state index contributed by atoms with van der Waals surface area (Å²) in [5, 5.41) is 14.5. The Labute approximate surface area is 103 Å². The van der Waals surface area contributed by atoms with E-state index in [1.807, 2.05) is 0 Å². The summed E-state index contributed by atoms with van der Waals surface area (Å²) in [5.41, 5.74) is 1.33. The van der Waals surface area contributed by atoms with Crippen LogP contribution in [-0.4, -0.2) is 29.3 Å². The van der Waals surface area contributed by atoms with Crippen molar-refractivity contribution in [2.45, 2.75) is 50.5 Å². The molecule has 4 nitrogen and oxygen atoms in total. The predicted molar refractivity (Wildman–Crippen MR) is 69.3 cm³/mol. The summed E-state index contributed by atoms with van der Waals surface area (Å²) in [6.45, 7) is 2.18. The van der Waals surface area contributed by atoms with E-state index in [0.717, 1.165) is 18.9 Å². The molecule has 1 atom stereocenters. The second kappa shape index (κ2) is 5.08. The van der Waals surface area contributed by atoms with E-state index < -0.39 is 0 Å². The molecule has 1 aliphatic heterocycles. The van der Waals surface area contributed by atoms with Crippen LogP contribution in [0.2, 0.25) is 0 Å². The molecule has 3 rings (SSSR count). The van der Waals surface area contributed by atoms with Crippen molar-refractivity contribution in [3.05, 3.63) is 11.8 Å². The second-order valence-corrected chi connectivity index (χ2v) is 5.38. The van der Waals surface area contributed by atoms with Gasteiger partial charge in [-0.25, -0.2) is 0 Å². The third kappa shape index (κ3) is 2.63. The molecule has 0 aromatic carbocycles. The van der Waals surface area contributed by atoms with E-state index in [9.17, 15) is 0 Å². The molecule has 2 aliphatic rings. The molecular formula is C13H22N4. The molecule has 2 heterocycles. The van der Waals surface area contributed by atoms with Crippen LogP contribution >= 0.6 is 0 Å². The van der Waals surface area contributed by atoms with Crippen LogP contribution in [0.15, 0.2) is 6.07 Å². The minimum Gasteiger partial charge on any atom is -0.365 e. The monoisotopic (exact) mass is 234 g/mol. The van der Waals surface area contributed by atoms with E-state index in [-0.39, 0.29) is 0 Å². The van der Waals surface area contributed by atoms with Gasteiger partial charge in [-0.05, 0) is 25.8 Å². The van der Waals surface area contributed by atoms with Crippen molar-refractivity contribution in [1.82, 2.24) is 15.5 Å². The van der Waals surface area contributed by atoms with Gasteiger partial charge in [-0.2, -0.15) is 5.10 Å². The predicted octanol–water partition coefficient (Wildman–Crippen LogP) is 2.23. The van der Waals surface area contributed by atoms with Crippen LogP contribution in [0.4, 0.5) is 5.82 Å². The number of aromatic nitrogens is 2. The van der Waals surface area contributed by atoms with Gasteiger partial charge in [0, 0.05) is 30.3 Å². The molecule has 4 heteroatoms. The van der Waals surface area contributed by atoms with Gasteiger partial charge in [-0.3, -0.25) is 5.10 Å². The topological polar surface area (TPSA) is 52.7 Å². The van der Waals surface area contributed by atoms with Gasteiger partial charge in [0.1, 0.15) is 5.82 Å². The lowest BCUT2D eigenvalue weighted by Crippen LogP contribution is -2.22. The molecule has 0 amide bonds. The van der Waals surface area contributed by atoms with E-state index in [4.69, 9.17) is 0 Å². The van der Waals surface area contributed by atoms with Gasteiger partial charge in [0.25, 0.3) is 0 Å². The molecule has 1 aromatic heterocycles. The van der Waals surface area contributed by atoms with Gasteiger partial charge in [0.05, 0.1) is 0 Å². The molecule has 2 fully saturated rings. The lowest BCUT2D eigenvalue weighted by atomic mass is 9.87. The fourth-order valence-electron chi connectivity index (χ4n) is 3.02. The summed E-state index contributed by atoms with van der Waals surface area (Å²) in [6, 6.07) is 2.77. The molecule has 0 bridgehead atoms. The van der Waals surface area contributed by atoms with Crippen LogP contribution in [0.25, 0.3) is 0 Å². The Morgan fingerprint density at radius 1 is 1.18 bits per heavy atom. The number of nitrogens with zero attached hydrogens (tertiary/aromatic N) is 1. The zero-order chi connectivity index (χ0) is 11.5. The first kappa shape index (κ1) is 11.1. The molecule has 3 N–H and O–H groups in total. The number of hydrogen-bond donors (Lipinski definition) is 3. The maximum atomic E-state index is 4.39. The van der Waals surface area contributed by atoms with Crippen LogP contribution in [0.5, 0.6) is 0 Å². The molecule has 1 unspecified atom stereocenters. The average Bonchev–Trinajstić information content (AvgIpc) is 3.02. The number of anilines is 1. The van der Waals surface area contributed by atoms with Crippen molar-refractivity contribution < 1.29 is 0 Å². The number of nitrogens with one attached hydrogen (secondary N) is 3. The zero-order valence-corrected chi connectivity index (χ0v) is 10.3. The van der Waals surface area contributed by atoms with Crippen molar-refractivity contribution in [1.29, 1.82) is 0 Å². The van der Waals surface area contributed by atoms with Crippen LogP contribution in [0.3, 0.4) is 0 Å². The molecule has 0 radical (unpaired) electrons. The van der Waals surface area contributed by atoms with E-state index in [0.29, 0.717) is 12.0 Å². The second-order valence-electron chi connectivity index (χ2n) is 5.38. The third-order valence-electron chi connectivity index (χ3n) is 4.05. The Bertz CT molecular complexity index is 348. The maximum absolute atomic E-state index is 4.39. The lowest BCUT2D eigenvalue weighted by Gasteiger charge is -2.19. The standard InChI is InChI=1S/C13H22N4/c1-2-4-10(5-3-1)12-8-13(17-16-12)15-11-6-7-14-9-11/h8,10-11,14H,1-7,9H2,(H2,15,16,17). The summed E-state index contributed by atoms with van der Waals surface area (Å²) in [5.74, 6) is 1.74. The average molecular weight is 234 g/mol. The van der Waals surface area contributed by atoms with Gasteiger partial charge in [0.2, 0.25) is 0 Å². The van der Waals surface area contributed by atoms with E-state index in [2.05, 4.69) is 26.9 Å². The molecule has 17 heavy (non-hydrogen) atoms. The lowest BCUT2D eigenvalue weighted by molar-refractivity contribution is 0.436. The molecule has 1 aromatic rings. The highest BCUT2D eigenvalue weighted by Gasteiger charge is 2.19. The first-order chi connectivity index (χ1) is 8.42. The molecular weight excluding hydrogens is 212 g/mol. The third-order valence-corrected chi connectivity index (χ3v) is 4.05. The maximum Gasteiger partial charge on any atom is 0.148 e. The SMILES string of the molecule is c1c(NC2CCNC2)n[nH]c1C1CCCCC1. The van der Waals surface area contributed by atoms with E-state index in [1.54, 1.807) is 0 Å². The van der Waals surface area contributed by atoms with Gasteiger partial charge in [-0.15, -0.1) is 0 Å². The molecule has 0 spiro atoms. The largest absolute Gasteiger partial charge is 0.365 e. The Balaban J connectivity index is 1.60. The molecule has 1 saturated carbocycles. The normalized spacial score (nSPS) is 26.2. The van der Waals surface area contributed by atoms with Crippen molar-refractivity contribution >= 4 is 5.82 Å². The fourth-order valence-corrected chi connectivity index (χ4v) is 3.02. The smallest absolute Gasteiger partial charge is 0.148 e. The highest BCUT2D eigenvalue weighted by Crippen LogP contribution is 2.32. The number of hydrogen-bond acceptors (Lipinski definition) is 3.